The molecule has 0 aliphatic carbocycles. The minimum atomic E-state index is 0.689. The van der Waals surface area contributed by atoms with Gasteiger partial charge in [-0.05, 0) is 64.4 Å². The maximum absolute atomic E-state index is 4.15. The molecular weight excluding hydrogens is 246 g/mol. The molecule has 2 heterocycles. The number of hydrogen-bond donors (Lipinski definition) is 1. The average Bonchev–Trinajstić information content (AvgIpc) is 2.47. The minimum absolute atomic E-state index is 0.689. The number of nitrogens with one attached hydrogen (secondary N) is 1. The van der Waals surface area contributed by atoms with Crippen LogP contribution < -0.4 is 5.32 Å². The van der Waals surface area contributed by atoms with Crippen LogP contribution in [-0.4, -0.2) is 42.1 Å². The first-order valence-corrected chi connectivity index (χ1v) is 7.72. The zero-order valence-electron chi connectivity index (χ0n) is 12.8. The van der Waals surface area contributed by atoms with Crippen molar-refractivity contribution in [2.75, 3.05) is 26.2 Å². The van der Waals surface area contributed by atoms with E-state index >= 15 is 0 Å². The van der Waals surface area contributed by atoms with Crippen molar-refractivity contribution in [1.29, 1.82) is 0 Å². The first kappa shape index (κ1) is 15.2. The maximum Gasteiger partial charge on any atom is 0.0300 e. The molecule has 1 aliphatic rings. The number of aromatic nitrogens is 1. The molecule has 0 amide bonds. The Balaban J connectivity index is 1.61. The van der Waals surface area contributed by atoms with Gasteiger partial charge in [-0.25, -0.2) is 0 Å². The van der Waals surface area contributed by atoms with Gasteiger partial charge in [0.15, 0.2) is 0 Å². The molecule has 0 atom stereocenters. The van der Waals surface area contributed by atoms with Crippen LogP contribution in [0.1, 0.15) is 32.3 Å². The molecule has 1 aromatic heterocycles. The fraction of sp³-hybridized carbons (Fsp3) is 0.588. The van der Waals surface area contributed by atoms with Crippen LogP contribution >= 0.6 is 0 Å². The first-order valence-electron chi connectivity index (χ1n) is 7.72. The second-order valence-corrected chi connectivity index (χ2v) is 5.92. The van der Waals surface area contributed by atoms with E-state index in [0.717, 1.165) is 19.5 Å². The molecule has 3 nitrogen and oxygen atoms in total. The Morgan fingerprint density at radius 2 is 2.20 bits per heavy atom. The number of nitrogens with zero attached hydrogens (tertiary/aromatic N) is 2. The molecular formula is C17H27N3. The van der Waals surface area contributed by atoms with Gasteiger partial charge in [0.1, 0.15) is 0 Å². The fourth-order valence-electron chi connectivity index (χ4n) is 2.60. The lowest BCUT2D eigenvalue weighted by Crippen LogP contribution is -2.43. The van der Waals surface area contributed by atoms with Crippen LogP contribution in [0.5, 0.6) is 0 Å². The van der Waals surface area contributed by atoms with Gasteiger partial charge in [-0.15, -0.1) is 0 Å². The molecule has 2 rings (SSSR count). The van der Waals surface area contributed by atoms with Crippen LogP contribution in [0.3, 0.4) is 0 Å². The number of hydrogen-bond acceptors (Lipinski definition) is 3. The van der Waals surface area contributed by atoms with Crippen molar-refractivity contribution in [3.8, 4) is 0 Å². The Morgan fingerprint density at radius 1 is 1.40 bits per heavy atom. The van der Waals surface area contributed by atoms with E-state index in [-0.39, 0.29) is 0 Å². The molecule has 0 bridgehead atoms. The molecule has 0 spiro atoms. The van der Waals surface area contributed by atoms with E-state index in [9.17, 15) is 0 Å². The Bertz CT molecular complexity index is 402. The first-order chi connectivity index (χ1) is 9.74. The summed E-state index contributed by atoms with van der Waals surface area (Å²) in [6.07, 6.45) is 9.73. The molecule has 0 saturated carbocycles. The van der Waals surface area contributed by atoms with Crippen LogP contribution in [-0.2, 0) is 6.42 Å². The number of rotatable bonds is 6. The van der Waals surface area contributed by atoms with E-state index in [0.29, 0.717) is 6.04 Å². The average molecular weight is 273 g/mol. The van der Waals surface area contributed by atoms with Gasteiger partial charge in [0.25, 0.3) is 0 Å². The largest absolute Gasteiger partial charge is 0.314 e. The molecule has 1 fully saturated rings. The summed E-state index contributed by atoms with van der Waals surface area (Å²) in [5, 5.41) is 3.69. The van der Waals surface area contributed by atoms with E-state index in [1.807, 2.05) is 18.5 Å². The highest BCUT2D eigenvalue weighted by molar-refractivity contribution is 5.08. The second-order valence-electron chi connectivity index (χ2n) is 5.92. The van der Waals surface area contributed by atoms with Gasteiger partial charge in [0.2, 0.25) is 0 Å². The number of piperidine rings is 1. The third-order valence-electron chi connectivity index (χ3n) is 3.91. The van der Waals surface area contributed by atoms with Crippen molar-refractivity contribution in [2.24, 2.45) is 0 Å². The fourth-order valence-corrected chi connectivity index (χ4v) is 2.60. The van der Waals surface area contributed by atoms with Gasteiger partial charge in [-0.1, -0.05) is 17.7 Å². The summed E-state index contributed by atoms with van der Waals surface area (Å²) in [5.41, 5.74) is 2.74. The van der Waals surface area contributed by atoms with E-state index in [1.54, 1.807) is 0 Å². The monoisotopic (exact) mass is 273 g/mol. The topological polar surface area (TPSA) is 28.2 Å². The summed E-state index contributed by atoms with van der Waals surface area (Å²) in [7, 11) is 0. The van der Waals surface area contributed by atoms with E-state index in [4.69, 9.17) is 0 Å². The highest BCUT2D eigenvalue weighted by atomic mass is 15.1. The van der Waals surface area contributed by atoms with Gasteiger partial charge in [0, 0.05) is 25.0 Å². The predicted octanol–water partition coefficient (Wildman–Crippen LogP) is 2.64. The SMILES string of the molecule is CC(C)=CCN1CCC(NCCc2cccnc2)CC1. The standard InChI is InChI=1S/C17H27N3/c1-15(2)6-11-20-12-7-17(8-13-20)19-10-5-16-4-3-9-18-14-16/h3-4,6,9,14,17,19H,5,7-8,10-13H2,1-2H3. The molecule has 0 radical (unpaired) electrons. The number of pyridine rings is 1. The van der Waals surface area contributed by atoms with Crippen molar-refractivity contribution >= 4 is 0 Å². The molecule has 110 valence electrons. The summed E-state index contributed by atoms with van der Waals surface area (Å²) in [4.78, 5) is 6.70. The van der Waals surface area contributed by atoms with Crippen molar-refractivity contribution in [3.05, 3.63) is 41.7 Å². The minimum Gasteiger partial charge on any atom is -0.314 e. The second kappa shape index (κ2) is 8.18. The molecule has 0 unspecified atom stereocenters. The Labute approximate surface area is 123 Å². The highest BCUT2D eigenvalue weighted by Gasteiger charge is 2.17. The Kier molecular flexibility index (Phi) is 6.22. The van der Waals surface area contributed by atoms with Gasteiger partial charge in [-0.3, -0.25) is 9.88 Å². The van der Waals surface area contributed by atoms with E-state index in [1.165, 1.54) is 37.1 Å². The van der Waals surface area contributed by atoms with Crippen molar-refractivity contribution in [3.63, 3.8) is 0 Å². The van der Waals surface area contributed by atoms with Crippen LogP contribution in [0.4, 0.5) is 0 Å². The molecule has 3 heteroatoms. The molecule has 1 aromatic rings. The molecule has 0 aromatic carbocycles. The zero-order valence-corrected chi connectivity index (χ0v) is 12.8. The normalized spacial score (nSPS) is 17.1. The van der Waals surface area contributed by atoms with Gasteiger partial charge in [0.05, 0.1) is 0 Å². The summed E-state index contributed by atoms with van der Waals surface area (Å²) >= 11 is 0. The van der Waals surface area contributed by atoms with Crippen molar-refractivity contribution < 1.29 is 0 Å². The summed E-state index contributed by atoms with van der Waals surface area (Å²) in [5.74, 6) is 0. The zero-order chi connectivity index (χ0) is 14.2. The smallest absolute Gasteiger partial charge is 0.0300 e. The Hall–Kier alpha value is -1.19. The lowest BCUT2D eigenvalue weighted by molar-refractivity contribution is 0.215. The summed E-state index contributed by atoms with van der Waals surface area (Å²) in [6, 6.07) is 4.85. The lowest BCUT2D eigenvalue weighted by Gasteiger charge is -2.31. The third kappa shape index (κ3) is 5.43. The Morgan fingerprint density at radius 3 is 2.85 bits per heavy atom. The van der Waals surface area contributed by atoms with E-state index in [2.05, 4.69) is 41.2 Å². The van der Waals surface area contributed by atoms with Crippen LogP contribution in [0.15, 0.2) is 36.2 Å². The predicted molar refractivity (Wildman–Crippen MR) is 84.8 cm³/mol. The van der Waals surface area contributed by atoms with Crippen LogP contribution in [0, 0.1) is 0 Å². The van der Waals surface area contributed by atoms with Crippen LogP contribution in [0.25, 0.3) is 0 Å². The summed E-state index contributed by atoms with van der Waals surface area (Å²) in [6.45, 7) is 8.96. The number of allylic oxidation sites excluding steroid dienone is 1. The highest BCUT2D eigenvalue weighted by Crippen LogP contribution is 2.10. The molecule has 1 saturated heterocycles. The molecule has 1 aliphatic heterocycles. The van der Waals surface area contributed by atoms with E-state index < -0.39 is 0 Å². The quantitative estimate of drug-likeness (QED) is 0.808. The maximum atomic E-state index is 4.15. The number of likely N-dealkylation sites (tertiary alicyclic amines) is 1. The van der Waals surface area contributed by atoms with Gasteiger partial charge in [-0.2, -0.15) is 0 Å². The van der Waals surface area contributed by atoms with Crippen LogP contribution in [0.2, 0.25) is 0 Å². The summed E-state index contributed by atoms with van der Waals surface area (Å²) < 4.78 is 0. The lowest BCUT2D eigenvalue weighted by atomic mass is 10.0. The van der Waals surface area contributed by atoms with Crippen molar-refractivity contribution in [1.82, 2.24) is 15.2 Å². The molecule has 1 N–H and O–H groups in total. The van der Waals surface area contributed by atoms with Gasteiger partial charge < -0.3 is 5.32 Å². The van der Waals surface area contributed by atoms with Gasteiger partial charge >= 0.3 is 0 Å². The molecule has 20 heavy (non-hydrogen) atoms. The third-order valence-corrected chi connectivity index (χ3v) is 3.91. The van der Waals surface area contributed by atoms with Crippen molar-refractivity contribution in [2.45, 2.75) is 39.2 Å².